The molecule has 0 spiro atoms. The Morgan fingerprint density at radius 3 is 2.39 bits per heavy atom. The van der Waals surface area contributed by atoms with Gasteiger partial charge in [0.2, 0.25) is 0 Å². The topological polar surface area (TPSA) is 56.6 Å². The van der Waals surface area contributed by atoms with Crippen LogP contribution >= 0.6 is 8.53 Å². The van der Waals surface area contributed by atoms with Crippen molar-refractivity contribution in [2.24, 2.45) is 0 Å². The molecule has 0 radical (unpaired) electrons. The second kappa shape index (κ2) is 11.1. The van der Waals surface area contributed by atoms with Gasteiger partial charge in [0, 0.05) is 24.8 Å². The highest BCUT2D eigenvalue weighted by molar-refractivity contribution is 7.45. The van der Waals surface area contributed by atoms with Crippen LogP contribution in [0, 0.1) is 6.92 Å². The number of aryl methyl sites for hydroxylation is 1. The predicted molar refractivity (Wildman–Crippen MR) is 148 cm³/mol. The van der Waals surface area contributed by atoms with E-state index in [1.807, 2.05) is 17.7 Å². The zero-order chi connectivity index (χ0) is 25.1. The lowest BCUT2D eigenvalue weighted by atomic mass is 10.1. The lowest BCUT2D eigenvalue weighted by Gasteiger charge is -2.32. The summed E-state index contributed by atoms with van der Waals surface area (Å²) in [7, 11) is -3.13. The molecule has 2 aromatic carbocycles. The standard InChI is InChI=1S/C28H36N3O3PSi/c1-4-23(20-30-19-17-28(32)29-22(30)2)33-35-31-18-11-16-26(31)27(34-35)21-36(3,24-12-7-5-8-13-24)25-14-9-6-10-15-25/h5-10,12-15,17,19,23,26-27H,4,11,16,18,20-21H2,1-3H3/t23-,26+,27-,35+/m1/s1. The maximum absolute atomic E-state index is 11.6. The summed E-state index contributed by atoms with van der Waals surface area (Å²) in [5, 5.41) is 2.91. The van der Waals surface area contributed by atoms with E-state index in [1.165, 1.54) is 29.3 Å². The zero-order valence-corrected chi connectivity index (χ0v) is 23.3. The van der Waals surface area contributed by atoms with E-state index in [-0.39, 0.29) is 17.8 Å². The molecule has 2 saturated heterocycles. The summed E-state index contributed by atoms with van der Waals surface area (Å²) in [6.07, 6.45) is 5.23. The molecule has 0 bridgehead atoms. The number of benzene rings is 2. The number of fused-ring (bicyclic) bond motifs is 1. The van der Waals surface area contributed by atoms with Crippen LogP contribution in [0.1, 0.15) is 32.0 Å². The molecule has 1 aromatic heterocycles. The van der Waals surface area contributed by atoms with Crippen LogP contribution in [-0.4, -0.2) is 47.1 Å². The summed E-state index contributed by atoms with van der Waals surface area (Å²) >= 11 is 0. The molecule has 0 unspecified atom stereocenters. The van der Waals surface area contributed by atoms with Gasteiger partial charge in [-0.15, -0.1) is 0 Å². The molecule has 0 amide bonds. The van der Waals surface area contributed by atoms with Gasteiger partial charge in [-0.2, -0.15) is 4.98 Å². The summed E-state index contributed by atoms with van der Waals surface area (Å²) in [6.45, 7) is 8.22. The van der Waals surface area contributed by atoms with Gasteiger partial charge in [0.1, 0.15) is 13.9 Å². The molecule has 0 aliphatic carbocycles. The Bertz CT molecular complexity index is 1170. The van der Waals surface area contributed by atoms with Crippen molar-refractivity contribution < 1.29 is 9.05 Å². The fraction of sp³-hybridized carbons (Fsp3) is 0.429. The normalized spacial score (nSPS) is 23.0. The van der Waals surface area contributed by atoms with Gasteiger partial charge >= 0.3 is 0 Å². The third-order valence-corrected chi connectivity index (χ3v) is 14.0. The van der Waals surface area contributed by atoms with Crippen molar-refractivity contribution >= 4 is 27.0 Å². The molecule has 190 valence electrons. The van der Waals surface area contributed by atoms with Crippen LogP contribution in [0.3, 0.4) is 0 Å². The highest BCUT2D eigenvalue weighted by Gasteiger charge is 2.50. The highest BCUT2D eigenvalue weighted by atomic mass is 31.2. The minimum atomic E-state index is -2.02. The van der Waals surface area contributed by atoms with Gasteiger partial charge in [-0.1, -0.05) is 84.5 Å². The highest BCUT2D eigenvalue weighted by Crippen LogP contribution is 2.57. The van der Waals surface area contributed by atoms with Crippen LogP contribution in [0.15, 0.2) is 77.7 Å². The van der Waals surface area contributed by atoms with Crippen molar-refractivity contribution in [1.82, 2.24) is 14.2 Å². The average Bonchev–Trinajstić information content (AvgIpc) is 3.50. The largest absolute Gasteiger partial charge is 0.334 e. The van der Waals surface area contributed by atoms with Gasteiger partial charge < -0.3 is 13.6 Å². The Labute approximate surface area is 216 Å². The van der Waals surface area contributed by atoms with Crippen molar-refractivity contribution in [2.75, 3.05) is 6.54 Å². The Hall–Kier alpha value is -2.15. The predicted octanol–water partition coefficient (Wildman–Crippen LogP) is 4.33. The van der Waals surface area contributed by atoms with Crippen molar-refractivity contribution in [3.05, 3.63) is 89.1 Å². The molecule has 2 aliphatic heterocycles. The molecular formula is C28H36N3O3PSi. The van der Waals surface area contributed by atoms with Gasteiger partial charge in [-0.3, -0.25) is 4.79 Å². The third kappa shape index (κ3) is 5.27. The number of rotatable bonds is 9. The molecule has 36 heavy (non-hydrogen) atoms. The summed E-state index contributed by atoms with van der Waals surface area (Å²) in [5.41, 5.74) is -0.201. The van der Waals surface area contributed by atoms with Crippen LogP contribution in [0.5, 0.6) is 0 Å². The van der Waals surface area contributed by atoms with Crippen LogP contribution < -0.4 is 15.9 Å². The Balaban J connectivity index is 1.36. The van der Waals surface area contributed by atoms with E-state index in [0.717, 1.165) is 19.0 Å². The monoisotopic (exact) mass is 521 g/mol. The molecular weight excluding hydrogens is 485 g/mol. The first-order chi connectivity index (χ1) is 17.5. The summed E-state index contributed by atoms with van der Waals surface area (Å²) in [4.78, 5) is 15.7. The first kappa shape index (κ1) is 25.5. The number of hydrogen-bond donors (Lipinski definition) is 0. The Morgan fingerprint density at radius 1 is 1.11 bits per heavy atom. The van der Waals surface area contributed by atoms with E-state index in [1.54, 1.807) is 0 Å². The first-order valence-electron chi connectivity index (χ1n) is 13.0. The van der Waals surface area contributed by atoms with Gasteiger partial charge in [0.15, 0.2) is 0 Å². The van der Waals surface area contributed by atoms with Crippen molar-refractivity contribution in [3.63, 3.8) is 0 Å². The molecule has 3 aromatic rings. The van der Waals surface area contributed by atoms with Crippen molar-refractivity contribution in [1.29, 1.82) is 0 Å². The molecule has 2 fully saturated rings. The summed E-state index contributed by atoms with van der Waals surface area (Å²) in [6, 6.07) is 25.0. The van der Waals surface area contributed by atoms with E-state index >= 15 is 0 Å². The fourth-order valence-electron chi connectivity index (χ4n) is 5.58. The van der Waals surface area contributed by atoms with Crippen LogP contribution in [-0.2, 0) is 15.6 Å². The minimum Gasteiger partial charge on any atom is -0.334 e. The lowest BCUT2D eigenvalue weighted by molar-refractivity contribution is 0.145. The van der Waals surface area contributed by atoms with E-state index < -0.39 is 16.6 Å². The van der Waals surface area contributed by atoms with Gasteiger partial charge in [0.25, 0.3) is 14.1 Å². The maximum Gasteiger partial charge on any atom is 0.272 e. The number of hydrogen-bond acceptors (Lipinski definition) is 5. The van der Waals surface area contributed by atoms with E-state index in [4.69, 9.17) is 9.05 Å². The van der Waals surface area contributed by atoms with Gasteiger partial charge in [-0.25, -0.2) is 4.67 Å². The lowest BCUT2D eigenvalue weighted by Crippen LogP contribution is -2.58. The number of nitrogens with zero attached hydrogens (tertiary/aromatic N) is 3. The second-order valence-electron chi connectivity index (χ2n) is 10.1. The molecule has 5 rings (SSSR count). The van der Waals surface area contributed by atoms with Gasteiger partial charge in [0.05, 0.1) is 18.8 Å². The molecule has 4 atom stereocenters. The smallest absolute Gasteiger partial charge is 0.272 e. The number of aromatic nitrogens is 2. The Kier molecular flexibility index (Phi) is 7.84. The first-order valence-corrected chi connectivity index (χ1v) is 16.9. The quantitative estimate of drug-likeness (QED) is 0.310. The molecule has 3 heterocycles. The average molecular weight is 522 g/mol. The van der Waals surface area contributed by atoms with Crippen LogP contribution in [0.2, 0.25) is 12.6 Å². The van der Waals surface area contributed by atoms with Crippen LogP contribution in [0.4, 0.5) is 0 Å². The third-order valence-electron chi connectivity index (χ3n) is 7.75. The summed E-state index contributed by atoms with van der Waals surface area (Å²) in [5.74, 6) is 0.717. The molecule has 6 nitrogen and oxygen atoms in total. The van der Waals surface area contributed by atoms with Gasteiger partial charge in [-0.05, 0) is 32.2 Å². The van der Waals surface area contributed by atoms with E-state index in [2.05, 4.69) is 83.8 Å². The zero-order valence-electron chi connectivity index (χ0n) is 21.4. The van der Waals surface area contributed by atoms with Crippen LogP contribution in [0.25, 0.3) is 0 Å². The SMILES string of the molecule is CC[C@H](Cn1ccc(=O)nc1C)O[P@@]1O[C@H](C[Si](C)(c2ccccc2)c2ccccc2)[C@@H]2CCCN21. The van der Waals surface area contributed by atoms with Crippen molar-refractivity contribution in [3.8, 4) is 0 Å². The second-order valence-corrected chi connectivity index (χ2v) is 15.8. The molecule has 2 aliphatic rings. The fourth-order valence-corrected chi connectivity index (χ4v) is 11.6. The van der Waals surface area contributed by atoms with Crippen molar-refractivity contribution in [2.45, 2.75) is 70.5 Å². The van der Waals surface area contributed by atoms with E-state index in [9.17, 15) is 4.79 Å². The maximum atomic E-state index is 11.6. The Morgan fingerprint density at radius 2 is 1.78 bits per heavy atom. The summed E-state index contributed by atoms with van der Waals surface area (Å²) < 4.78 is 18.0. The molecule has 0 N–H and O–H groups in total. The minimum absolute atomic E-state index is 0.00554. The van der Waals surface area contributed by atoms with E-state index in [0.29, 0.717) is 18.4 Å². The molecule has 0 saturated carbocycles. The molecule has 8 heteroatoms.